The second-order valence-electron chi connectivity index (χ2n) is 5.28. The number of rotatable bonds is 7. The molecule has 112 valence electrons. The van der Waals surface area contributed by atoms with E-state index in [4.69, 9.17) is 0 Å². The van der Waals surface area contributed by atoms with Gasteiger partial charge in [-0.25, -0.2) is 9.67 Å². The first-order valence-electron chi connectivity index (χ1n) is 7.42. The third kappa shape index (κ3) is 4.41. The molecule has 1 amide bonds. The van der Waals surface area contributed by atoms with E-state index in [0.29, 0.717) is 6.54 Å². The van der Waals surface area contributed by atoms with Crippen molar-refractivity contribution >= 4 is 11.6 Å². The fraction of sp³-hybridized carbons (Fsp3) is 0.438. The summed E-state index contributed by atoms with van der Waals surface area (Å²) >= 11 is 0. The molecule has 0 aliphatic rings. The summed E-state index contributed by atoms with van der Waals surface area (Å²) in [6.45, 7) is 4.71. The van der Waals surface area contributed by atoms with Crippen molar-refractivity contribution in [2.75, 3.05) is 5.32 Å². The van der Waals surface area contributed by atoms with E-state index in [9.17, 15) is 4.79 Å². The Balaban J connectivity index is 2.04. The zero-order chi connectivity index (χ0) is 15.1. The van der Waals surface area contributed by atoms with Crippen LogP contribution in [0.5, 0.6) is 0 Å². The van der Waals surface area contributed by atoms with Gasteiger partial charge < -0.3 is 5.32 Å². The van der Waals surface area contributed by atoms with Crippen molar-refractivity contribution in [3.05, 3.63) is 42.5 Å². The summed E-state index contributed by atoms with van der Waals surface area (Å²) in [5, 5.41) is 7.13. The second kappa shape index (κ2) is 7.57. The SMILES string of the molecule is CCCC[C@H](C)C(=O)Nc1ccccc1Cn1cncn1. The maximum absolute atomic E-state index is 12.2. The number of nitrogens with one attached hydrogen (secondary N) is 1. The molecule has 2 aromatic rings. The molecule has 0 fully saturated rings. The van der Waals surface area contributed by atoms with Gasteiger partial charge in [0, 0.05) is 11.6 Å². The highest BCUT2D eigenvalue weighted by Gasteiger charge is 2.14. The minimum atomic E-state index is 0.0318. The van der Waals surface area contributed by atoms with Crippen LogP contribution in [0.2, 0.25) is 0 Å². The van der Waals surface area contributed by atoms with Crippen molar-refractivity contribution in [1.82, 2.24) is 14.8 Å². The maximum Gasteiger partial charge on any atom is 0.227 e. The Morgan fingerprint density at radius 2 is 2.19 bits per heavy atom. The molecule has 21 heavy (non-hydrogen) atoms. The fourth-order valence-corrected chi connectivity index (χ4v) is 2.17. The molecule has 0 spiro atoms. The van der Waals surface area contributed by atoms with Gasteiger partial charge in [-0.1, -0.05) is 44.9 Å². The van der Waals surface area contributed by atoms with E-state index >= 15 is 0 Å². The number of amides is 1. The van der Waals surface area contributed by atoms with Crippen molar-refractivity contribution in [2.45, 2.75) is 39.7 Å². The van der Waals surface area contributed by atoms with E-state index in [2.05, 4.69) is 22.3 Å². The normalized spacial score (nSPS) is 12.1. The van der Waals surface area contributed by atoms with Crippen molar-refractivity contribution in [3.63, 3.8) is 0 Å². The number of carbonyl (C=O) groups is 1. The summed E-state index contributed by atoms with van der Waals surface area (Å²) in [5.74, 6) is 0.110. The van der Waals surface area contributed by atoms with Crippen LogP contribution in [0.1, 0.15) is 38.7 Å². The average Bonchev–Trinajstić information content (AvgIpc) is 2.99. The van der Waals surface area contributed by atoms with Crippen molar-refractivity contribution < 1.29 is 4.79 Å². The Labute approximate surface area is 125 Å². The minimum absolute atomic E-state index is 0.0318. The number of anilines is 1. The van der Waals surface area contributed by atoms with Crippen LogP contribution < -0.4 is 5.32 Å². The van der Waals surface area contributed by atoms with Gasteiger partial charge in [0.25, 0.3) is 0 Å². The Bertz CT molecular complexity index is 565. The molecule has 5 nitrogen and oxygen atoms in total. The van der Waals surface area contributed by atoms with Gasteiger partial charge >= 0.3 is 0 Å². The predicted octanol–water partition coefficient (Wildman–Crippen LogP) is 3.09. The Hall–Kier alpha value is -2.17. The number of hydrogen-bond donors (Lipinski definition) is 1. The largest absolute Gasteiger partial charge is 0.326 e. The van der Waals surface area contributed by atoms with E-state index in [1.165, 1.54) is 6.33 Å². The number of para-hydroxylation sites is 1. The van der Waals surface area contributed by atoms with E-state index in [-0.39, 0.29) is 11.8 Å². The second-order valence-corrected chi connectivity index (χ2v) is 5.28. The van der Waals surface area contributed by atoms with E-state index in [1.54, 1.807) is 11.0 Å². The molecule has 1 aromatic carbocycles. The number of benzene rings is 1. The lowest BCUT2D eigenvalue weighted by Gasteiger charge is -2.14. The molecule has 5 heteroatoms. The molecule has 1 atom stereocenters. The molecule has 0 aliphatic heterocycles. The summed E-state index contributed by atoms with van der Waals surface area (Å²) in [5.41, 5.74) is 1.88. The standard InChI is InChI=1S/C16H22N4O/c1-3-4-7-13(2)16(21)19-15-9-6-5-8-14(15)10-20-12-17-11-18-20/h5-6,8-9,11-13H,3-4,7,10H2,1-2H3,(H,19,21)/t13-/m0/s1. The molecule has 0 bridgehead atoms. The van der Waals surface area contributed by atoms with E-state index in [1.807, 2.05) is 31.2 Å². The molecule has 1 N–H and O–H groups in total. The molecular weight excluding hydrogens is 264 g/mol. The first-order chi connectivity index (χ1) is 10.2. The summed E-state index contributed by atoms with van der Waals surface area (Å²) in [6, 6.07) is 7.81. The van der Waals surface area contributed by atoms with E-state index < -0.39 is 0 Å². The van der Waals surface area contributed by atoms with Gasteiger partial charge in [-0.15, -0.1) is 0 Å². The Morgan fingerprint density at radius 3 is 2.90 bits per heavy atom. The van der Waals surface area contributed by atoms with Gasteiger partial charge in [0.1, 0.15) is 12.7 Å². The first kappa shape index (κ1) is 15.2. The zero-order valence-electron chi connectivity index (χ0n) is 12.6. The highest BCUT2D eigenvalue weighted by molar-refractivity contribution is 5.93. The molecule has 2 rings (SSSR count). The lowest BCUT2D eigenvalue weighted by atomic mass is 10.0. The van der Waals surface area contributed by atoms with Crippen molar-refractivity contribution in [3.8, 4) is 0 Å². The smallest absolute Gasteiger partial charge is 0.227 e. The molecule has 1 heterocycles. The molecule has 0 unspecified atom stereocenters. The van der Waals surface area contributed by atoms with Crippen LogP contribution in [0.3, 0.4) is 0 Å². The first-order valence-corrected chi connectivity index (χ1v) is 7.42. The number of unbranched alkanes of at least 4 members (excludes halogenated alkanes) is 1. The lowest BCUT2D eigenvalue weighted by molar-refractivity contribution is -0.119. The van der Waals surface area contributed by atoms with Gasteiger partial charge in [0.15, 0.2) is 0 Å². The third-order valence-electron chi connectivity index (χ3n) is 3.51. The molecular formula is C16H22N4O. The predicted molar refractivity (Wildman–Crippen MR) is 82.9 cm³/mol. The fourth-order valence-electron chi connectivity index (χ4n) is 2.17. The van der Waals surface area contributed by atoms with Crippen LogP contribution in [0, 0.1) is 5.92 Å². The molecule has 0 radical (unpaired) electrons. The monoisotopic (exact) mass is 286 g/mol. The zero-order valence-corrected chi connectivity index (χ0v) is 12.6. The third-order valence-corrected chi connectivity index (χ3v) is 3.51. The van der Waals surface area contributed by atoms with Gasteiger partial charge in [0.2, 0.25) is 5.91 Å². The molecule has 0 aliphatic carbocycles. The number of aromatic nitrogens is 3. The van der Waals surface area contributed by atoms with Crippen LogP contribution in [0.25, 0.3) is 0 Å². The van der Waals surface area contributed by atoms with Gasteiger partial charge in [0.05, 0.1) is 6.54 Å². The van der Waals surface area contributed by atoms with Crippen LogP contribution in [0.15, 0.2) is 36.9 Å². The summed E-state index contributed by atoms with van der Waals surface area (Å²) < 4.78 is 1.74. The van der Waals surface area contributed by atoms with E-state index in [0.717, 1.165) is 30.5 Å². The van der Waals surface area contributed by atoms with Crippen molar-refractivity contribution in [2.24, 2.45) is 5.92 Å². The van der Waals surface area contributed by atoms with Gasteiger partial charge in [-0.05, 0) is 18.1 Å². The number of hydrogen-bond acceptors (Lipinski definition) is 3. The lowest BCUT2D eigenvalue weighted by Crippen LogP contribution is -2.21. The van der Waals surface area contributed by atoms with Crippen LogP contribution in [0.4, 0.5) is 5.69 Å². The molecule has 0 saturated heterocycles. The molecule has 1 aromatic heterocycles. The van der Waals surface area contributed by atoms with Crippen molar-refractivity contribution in [1.29, 1.82) is 0 Å². The highest BCUT2D eigenvalue weighted by atomic mass is 16.1. The topological polar surface area (TPSA) is 59.8 Å². The van der Waals surface area contributed by atoms with Crippen LogP contribution >= 0.6 is 0 Å². The minimum Gasteiger partial charge on any atom is -0.326 e. The quantitative estimate of drug-likeness (QED) is 0.851. The number of nitrogens with zero attached hydrogens (tertiary/aromatic N) is 3. The van der Waals surface area contributed by atoms with Gasteiger partial charge in [-0.3, -0.25) is 4.79 Å². The summed E-state index contributed by atoms with van der Waals surface area (Å²) in [6.07, 6.45) is 6.29. The average molecular weight is 286 g/mol. The van der Waals surface area contributed by atoms with Crippen LogP contribution in [-0.4, -0.2) is 20.7 Å². The Morgan fingerprint density at radius 1 is 1.38 bits per heavy atom. The summed E-state index contributed by atoms with van der Waals surface area (Å²) in [7, 11) is 0. The molecule has 0 saturated carbocycles. The highest BCUT2D eigenvalue weighted by Crippen LogP contribution is 2.18. The number of carbonyl (C=O) groups excluding carboxylic acids is 1. The van der Waals surface area contributed by atoms with Crippen LogP contribution in [-0.2, 0) is 11.3 Å². The Kier molecular flexibility index (Phi) is 5.49. The summed E-state index contributed by atoms with van der Waals surface area (Å²) in [4.78, 5) is 16.2. The maximum atomic E-state index is 12.2. The van der Waals surface area contributed by atoms with Gasteiger partial charge in [-0.2, -0.15) is 5.10 Å².